The minimum atomic E-state index is 0.558. The molecule has 0 saturated carbocycles. The van der Waals surface area contributed by atoms with E-state index in [4.69, 9.17) is 21.7 Å². The quantitative estimate of drug-likeness (QED) is 0.747. The van der Waals surface area contributed by atoms with Gasteiger partial charge in [-0.2, -0.15) is 0 Å². The van der Waals surface area contributed by atoms with Crippen LogP contribution in [0.25, 0.3) is 11.0 Å². The molecule has 0 radical (unpaired) electrons. The Morgan fingerprint density at radius 1 is 1.00 bits per heavy atom. The van der Waals surface area contributed by atoms with Crippen LogP contribution in [0.15, 0.2) is 12.1 Å². The van der Waals surface area contributed by atoms with Crippen molar-refractivity contribution in [2.75, 3.05) is 14.2 Å². The molecule has 0 aliphatic rings. The summed E-state index contributed by atoms with van der Waals surface area (Å²) in [5.41, 5.74) is 1.66. The van der Waals surface area contributed by atoms with Crippen LogP contribution in [0.5, 0.6) is 11.5 Å². The molecule has 14 heavy (non-hydrogen) atoms. The van der Waals surface area contributed by atoms with Gasteiger partial charge in [0.05, 0.1) is 14.2 Å². The monoisotopic (exact) mass is 210 g/mol. The maximum absolute atomic E-state index is 5.19. The Morgan fingerprint density at radius 3 is 1.79 bits per heavy atom. The molecule has 0 aliphatic carbocycles. The van der Waals surface area contributed by atoms with Gasteiger partial charge in [0.25, 0.3) is 0 Å². The van der Waals surface area contributed by atoms with E-state index >= 15 is 0 Å². The molecule has 0 amide bonds. The van der Waals surface area contributed by atoms with Crippen LogP contribution >= 0.6 is 12.2 Å². The van der Waals surface area contributed by atoms with Crippen LogP contribution in [-0.2, 0) is 0 Å². The summed E-state index contributed by atoms with van der Waals surface area (Å²) in [4.78, 5) is 6.01. The van der Waals surface area contributed by atoms with Gasteiger partial charge in [-0.15, -0.1) is 0 Å². The molecule has 4 nitrogen and oxygen atoms in total. The third-order valence-corrected chi connectivity index (χ3v) is 2.25. The Morgan fingerprint density at radius 2 is 1.43 bits per heavy atom. The molecule has 0 spiro atoms. The Balaban J connectivity index is 2.84. The van der Waals surface area contributed by atoms with E-state index in [-0.39, 0.29) is 0 Å². The van der Waals surface area contributed by atoms with Crippen LogP contribution in [0.3, 0.4) is 0 Å². The lowest BCUT2D eigenvalue weighted by molar-refractivity contribution is 0.409. The summed E-state index contributed by atoms with van der Waals surface area (Å²) in [6, 6.07) is 3.67. The number of nitrogens with one attached hydrogen (secondary N) is 2. The standard InChI is InChI=1S/C9H10N2O2S/c1-12-5-3-4-6(13-2)8-7(5)10-9(14)11-8/h3-4H,1-2H3,(H2,10,11,14). The predicted octanol–water partition coefficient (Wildman–Crippen LogP) is 2.24. The van der Waals surface area contributed by atoms with Crippen molar-refractivity contribution in [3.8, 4) is 11.5 Å². The number of hydrogen-bond acceptors (Lipinski definition) is 3. The van der Waals surface area contributed by atoms with E-state index in [9.17, 15) is 0 Å². The largest absolute Gasteiger partial charge is 0.494 e. The van der Waals surface area contributed by atoms with Gasteiger partial charge in [-0.25, -0.2) is 0 Å². The van der Waals surface area contributed by atoms with Crippen LogP contribution in [0.1, 0.15) is 0 Å². The second-order valence-electron chi connectivity index (χ2n) is 2.80. The average molecular weight is 210 g/mol. The highest BCUT2D eigenvalue weighted by Gasteiger charge is 2.08. The average Bonchev–Trinajstić information content (AvgIpc) is 2.57. The predicted molar refractivity (Wildman–Crippen MR) is 56.6 cm³/mol. The van der Waals surface area contributed by atoms with Gasteiger partial charge in [-0.05, 0) is 24.4 Å². The number of benzene rings is 1. The summed E-state index contributed by atoms with van der Waals surface area (Å²) in [5.74, 6) is 1.49. The number of methoxy groups -OCH3 is 2. The third kappa shape index (κ3) is 1.26. The molecular weight excluding hydrogens is 200 g/mol. The normalized spacial score (nSPS) is 10.4. The number of ether oxygens (including phenoxy) is 2. The van der Waals surface area contributed by atoms with E-state index in [0.29, 0.717) is 4.77 Å². The fourth-order valence-corrected chi connectivity index (χ4v) is 1.62. The first-order valence-corrected chi connectivity index (χ1v) is 4.50. The number of H-pyrrole nitrogens is 2. The Hall–Kier alpha value is -1.49. The van der Waals surface area contributed by atoms with Crippen LogP contribution in [0.4, 0.5) is 0 Å². The molecular formula is C9H10N2O2S. The van der Waals surface area contributed by atoms with E-state index in [2.05, 4.69) is 9.97 Å². The Labute approximate surface area is 85.9 Å². The van der Waals surface area contributed by atoms with Crippen molar-refractivity contribution in [2.24, 2.45) is 0 Å². The minimum Gasteiger partial charge on any atom is -0.494 e. The summed E-state index contributed by atoms with van der Waals surface area (Å²) < 4.78 is 10.9. The molecule has 5 heteroatoms. The number of hydrogen-bond donors (Lipinski definition) is 2. The second kappa shape index (κ2) is 3.34. The number of aromatic amines is 2. The van der Waals surface area contributed by atoms with Crippen molar-refractivity contribution >= 4 is 23.3 Å². The highest BCUT2D eigenvalue weighted by atomic mass is 32.1. The molecule has 1 aromatic carbocycles. The molecule has 0 aliphatic heterocycles. The number of imidazole rings is 1. The molecule has 1 aromatic heterocycles. The lowest BCUT2D eigenvalue weighted by Gasteiger charge is -2.04. The van der Waals surface area contributed by atoms with Gasteiger partial charge in [0.2, 0.25) is 0 Å². The molecule has 2 N–H and O–H groups in total. The fourth-order valence-electron chi connectivity index (χ4n) is 1.41. The van der Waals surface area contributed by atoms with Crippen molar-refractivity contribution in [1.29, 1.82) is 0 Å². The third-order valence-electron chi connectivity index (χ3n) is 2.05. The van der Waals surface area contributed by atoms with Crippen LogP contribution in [0, 0.1) is 4.77 Å². The second-order valence-corrected chi connectivity index (χ2v) is 3.21. The zero-order valence-corrected chi connectivity index (χ0v) is 8.70. The molecule has 2 rings (SSSR count). The summed E-state index contributed by atoms with van der Waals surface area (Å²) in [6.45, 7) is 0. The van der Waals surface area contributed by atoms with Gasteiger partial charge in [0.1, 0.15) is 22.5 Å². The maximum atomic E-state index is 5.19. The highest BCUT2D eigenvalue weighted by molar-refractivity contribution is 7.71. The van der Waals surface area contributed by atoms with Crippen LogP contribution < -0.4 is 9.47 Å². The van der Waals surface area contributed by atoms with E-state index in [0.717, 1.165) is 22.5 Å². The van der Waals surface area contributed by atoms with Crippen molar-refractivity contribution < 1.29 is 9.47 Å². The first-order valence-electron chi connectivity index (χ1n) is 4.09. The van der Waals surface area contributed by atoms with Crippen LogP contribution in [0.2, 0.25) is 0 Å². The number of rotatable bonds is 2. The van der Waals surface area contributed by atoms with Crippen molar-refractivity contribution in [2.45, 2.75) is 0 Å². The maximum Gasteiger partial charge on any atom is 0.175 e. The summed E-state index contributed by atoms with van der Waals surface area (Å²) in [7, 11) is 3.23. The van der Waals surface area contributed by atoms with Gasteiger partial charge in [-0.1, -0.05) is 0 Å². The van der Waals surface area contributed by atoms with Crippen molar-refractivity contribution in [3.63, 3.8) is 0 Å². The summed E-state index contributed by atoms with van der Waals surface area (Å²) >= 11 is 5.01. The topological polar surface area (TPSA) is 50.0 Å². The first kappa shape index (κ1) is 9.08. The van der Waals surface area contributed by atoms with Gasteiger partial charge < -0.3 is 19.4 Å². The van der Waals surface area contributed by atoms with E-state index in [1.54, 1.807) is 14.2 Å². The van der Waals surface area contributed by atoms with Crippen LogP contribution in [-0.4, -0.2) is 24.2 Å². The smallest absolute Gasteiger partial charge is 0.175 e. The highest BCUT2D eigenvalue weighted by Crippen LogP contribution is 2.30. The molecule has 2 aromatic rings. The van der Waals surface area contributed by atoms with Gasteiger partial charge in [0.15, 0.2) is 4.77 Å². The molecule has 1 heterocycles. The van der Waals surface area contributed by atoms with Gasteiger partial charge >= 0.3 is 0 Å². The van der Waals surface area contributed by atoms with Gasteiger partial charge in [0, 0.05) is 0 Å². The zero-order valence-electron chi connectivity index (χ0n) is 7.88. The molecule has 0 atom stereocenters. The van der Waals surface area contributed by atoms with Crippen molar-refractivity contribution in [1.82, 2.24) is 9.97 Å². The van der Waals surface area contributed by atoms with E-state index in [1.165, 1.54) is 0 Å². The SMILES string of the molecule is COc1ccc(OC)c2[nH]c(=S)[nH]c12. The molecule has 0 fully saturated rings. The summed E-state index contributed by atoms with van der Waals surface area (Å²) in [5, 5.41) is 0. The Kier molecular flexibility index (Phi) is 2.17. The number of fused-ring (bicyclic) bond motifs is 1. The Bertz CT molecular complexity index is 471. The zero-order chi connectivity index (χ0) is 10.1. The lowest BCUT2D eigenvalue weighted by atomic mass is 10.2. The molecule has 0 saturated heterocycles. The fraction of sp³-hybridized carbons (Fsp3) is 0.222. The van der Waals surface area contributed by atoms with Crippen molar-refractivity contribution in [3.05, 3.63) is 16.9 Å². The molecule has 0 bridgehead atoms. The number of aromatic nitrogens is 2. The lowest BCUT2D eigenvalue weighted by Crippen LogP contribution is -1.88. The van der Waals surface area contributed by atoms with E-state index in [1.807, 2.05) is 12.1 Å². The minimum absolute atomic E-state index is 0.558. The molecule has 0 unspecified atom stereocenters. The summed E-state index contributed by atoms with van der Waals surface area (Å²) in [6.07, 6.45) is 0. The van der Waals surface area contributed by atoms with Gasteiger partial charge in [-0.3, -0.25) is 0 Å². The molecule has 74 valence electrons. The first-order chi connectivity index (χ1) is 6.76. The van der Waals surface area contributed by atoms with E-state index < -0.39 is 0 Å².